The smallest absolute Gasteiger partial charge is 0.325 e. The van der Waals surface area contributed by atoms with Gasteiger partial charge < -0.3 is 9.64 Å². The third-order valence-corrected chi connectivity index (χ3v) is 4.31. The Morgan fingerprint density at radius 3 is 2.25 bits per heavy atom. The molecule has 120 valence electrons. The van der Waals surface area contributed by atoms with E-state index in [0.29, 0.717) is 0 Å². The van der Waals surface area contributed by atoms with Crippen LogP contribution in [0.2, 0.25) is 0 Å². The third-order valence-electron chi connectivity index (χ3n) is 4.31. The number of hydrogen-bond acceptors (Lipinski definition) is 4. The number of nitrogens with zero attached hydrogens (tertiary/aromatic N) is 1. The molecule has 0 fully saturated rings. The molecule has 0 aromatic rings. The van der Waals surface area contributed by atoms with E-state index in [-0.39, 0.29) is 17.6 Å². The van der Waals surface area contributed by atoms with Crippen LogP contribution >= 0.6 is 0 Å². The molecule has 0 saturated heterocycles. The molecule has 1 atom stereocenters. The van der Waals surface area contributed by atoms with Crippen LogP contribution in [0.15, 0.2) is 0 Å². The van der Waals surface area contributed by atoms with Gasteiger partial charge in [-0.15, -0.1) is 0 Å². The second-order valence-electron chi connectivity index (χ2n) is 6.81. The molecule has 0 amide bonds. The molecule has 0 aromatic heterocycles. The maximum atomic E-state index is 12.0. The number of rotatable bonds is 9. The van der Waals surface area contributed by atoms with Gasteiger partial charge in [-0.1, -0.05) is 6.92 Å². The van der Waals surface area contributed by atoms with Gasteiger partial charge in [0.1, 0.15) is 5.54 Å². The second kappa shape index (κ2) is 7.99. The predicted octanol–water partition coefficient (Wildman–Crippen LogP) is 2.82. The highest BCUT2D eigenvalue weighted by Crippen LogP contribution is 2.20. The van der Waals surface area contributed by atoms with Crippen molar-refractivity contribution in [1.29, 1.82) is 0 Å². The lowest BCUT2D eigenvalue weighted by Gasteiger charge is -2.36. The van der Waals surface area contributed by atoms with E-state index in [2.05, 4.69) is 38.0 Å². The topological polar surface area (TPSA) is 41.6 Å². The minimum atomic E-state index is -0.597. The molecule has 0 aliphatic carbocycles. The minimum Gasteiger partial charge on any atom is -0.468 e. The molecule has 4 heteroatoms. The summed E-state index contributed by atoms with van der Waals surface area (Å²) in [5, 5.41) is 3.34. The van der Waals surface area contributed by atoms with Crippen molar-refractivity contribution in [3.05, 3.63) is 0 Å². The van der Waals surface area contributed by atoms with Crippen LogP contribution in [0.5, 0.6) is 0 Å². The molecular formula is C16H34N2O2. The van der Waals surface area contributed by atoms with E-state index >= 15 is 0 Å². The number of ether oxygens (including phenoxy) is 1. The van der Waals surface area contributed by atoms with Crippen molar-refractivity contribution in [3.63, 3.8) is 0 Å². The molecular weight excluding hydrogens is 252 g/mol. The normalized spacial score (nSPS) is 15.5. The maximum absolute atomic E-state index is 12.0. The van der Waals surface area contributed by atoms with Crippen molar-refractivity contribution in [2.24, 2.45) is 0 Å². The zero-order valence-electron chi connectivity index (χ0n) is 14.7. The lowest BCUT2D eigenvalue weighted by molar-refractivity contribution is -0.148. The Hall–Kier alpha value is -0.610. The SMILES string of the molecule is CCC(C)(C)N(C)CCCC(C)(NC(C)C)C(=O)OC. The Morgan fingerprint density at radius 1 is 1.30 bits per heavy atom. The van der Waals surface area contributed by atoms with Crippen LogP contribution in [0.4, 0.5) is 0 Å². The molecule has 4 nitrogen and oxygen atoms in total. The molecule has 0 aliphatic heterocycles. The van der Waals surface area contributed by atoms with E-state index in [1.807, 2.05) is 20.8 Å². The lowest BCUT2D eigenvalue weighted by atomic mass is 9.93. The molecule has 20 heavy (non-hydrogen) atoms. The van der Waals surface area contributed by atoms with Gasteiger partial charge in [-0.2, -0.15) is 0 Å². The van der Waals surface area contributed by atoms with Crippen LogP contribution in [0, 0.1) is 0 Å². The van der Waals surface area contributed by atoms with E-state index < -0.39 is 5.54 Å². The fourth-order valence-corrected chi connectivity index (χ4v) is 2.34. The van der Waals surface area contributed by atoms with Crippen molar-refractivity contribution >= 4 is 5.97 Å². The number of carbonyl (C=O) groups excluding carboxylic acids is 1. The van der Waals surface area contributed by atoms with Crippen LogP contribution in [0.1, 0.15) is 60.8 Å². The summed E-state index contributed by atoms with van der Waals surface area (Å²) in [6.07, 6.45) is 2.86. The molecule has 1 N–H and O–H groups in total. The number of methoxy groups -OCH3 is 1. The van der Waals surface area contributed by atoms with E-state index in [4.69, 9.17) is 4.74 Å². The highest BCUT2D eigenvalue weighted by Gasteiger charge is 2.34. The Morgan fingerprint density at radius 2 is 1.85 bits per heavy atom. The van der Waals surface area contributed by atoms with Gasteiger partial charge in [-0.05, 0) is 67.5 Å². The van der Waals surface area contributed by atoms with Crippen LogP contribution in [-0.4, -0.2) is 48.7 Å². The summed E-state index contributed by atoms with van der Waals surface area (Å²) in [5.41, 5.74) is -0.396. The van der Waals surface area contributed by atoms with Gasteiger partial charge in [0.05, 0.1) is 7.11 Å². The fraction of sp³-hybridized carbons (Fsp3) is 0.938. The molecule has 0 spiro atoms. The summed E-state index contributed by atoms with van der Waals surface area (Å²) in [5.74, 6) is -0.177. The van der Waals surface area contributed by atoms with Crippen LogP contribution in [0.25, 0.3) is 0 Å². The average Bonchev–Trinajstić information content (AvgIpc) is 2.36. The zero-order valence-corrected chi connectivity index (χ0v) is 14.7. The minimum absolute atomic E-state index is 0.177. The first kappa shape index (κ1) is 19.4. The van der Waals surface area contributed by atoms with Crippen LogP contribution in [-0.2, 0) is 9.53 Å². The first-order valence-corrected chi connectivity index (χ1v) is 7.66. The largest absolute Gasteiger partial charge is 0.468 e. The molecule has 0 aliphatic rings. The van der Waals surface area contributed by atoms with Gasteiger partial charge in [-0.25, -0.2) is 0 Å². The molecule has 0 radical (unpaired) electrons. The van der Waals surface area contributed by atoms with Gasteiger partial charge in [-0.3, -0.25) is 10.1 Å². The Labute approximate surface area is 125 Å². The standard InChI is InChI=1S/C16H34N2O2/c1-9-15(4,5)18(7)12-10-11-16(6,14(19)20-8)17-13(2)3/h13,17H,9-12H2,1-8H3. The zero-order chi connectivity index (χ0) is 16.0. The van der Waals surface area contributed by atoms with Gasteiger partial charge in [0.2, 0.25) is 0 Å². The van der Waals surface area contributed by atoms with Crippen molar-refractivity contribution in [1.82, 2.24) is 10.2 Å². The van der Waals surface area contributed by atoms with Crippen LogP contribution < -0.4 is 5.32 Å². The quantitative estimate of drug-likeness (QED) is 0.662. The summed E-state index contributed by atoms with van der Waals surface area (Å²) < 4.78 is 4.95. The summed E-state index contributed by atoms with van der Waals surface area (Å²) in [6, 6.07) is 0.254. The van der Waals surface area contributed by atoms with E-state index in [1.54, 1.807) is 0 Å². The molecule has 0 bridgehead atoms. The highest BCUT2D eigenvalue weighted by molar-refractivity contribution is 5.80. The Bertz CT molecular complexity index is 303. The van der Waals surface area contributed by atoms with Crippen molar-refractivity contribution in [2.45, 2.75) is 77.9 Å². The molecule has 0 heterocycles. The van der Waals surface area contributed by atoms with Gasteiger partial charge in [0.25, 0.3) is 0 Å². The number of esters is 1. The summed E-state index contributed by atoms with van der Waals surface area (Å²) in [4.78, 5) is 14.4. The van der Waals surface area contributed by atoms with Gasteiger partial charge in [0.15, 0.2) is 0 Å². The second-order valence-corrected chi connectivity index (χ2v) is 6.81. The van der Waals surface area contributed by atoms with Gasteiger partial charge >= 0.3 is 5.97 Å². The molecule has 1 unspecified atom stereocenters. The number of carbonyl (C=O) groups is 1. The lowest BCUT2D eigenvalue weighted by Crippen LogP contribution is -2.53. The Kier molecular flexibility index (Phi) is 7.74. The summed E-state index contributed by atoms with van der Waals surface area (Å²) in [6.45, 7) is 13.7. The first-order chi connectivity index (χ1) is 9.09. The number of hydrogen-bond donors (Lipinski definition) is 1. The van der Waals surface area contributed by atoms with Gasteiger partial charge in [0, 0.05) is 11.6 Å². The monoisotopic (exact) mass is 286 g/mol. The first-order valence-electron chi connectivity index (χ1n) is 7.66. The average molecular weight is 286 g/mol. The van der Waals surface area contributed by atoms with E-state index in [0.717, 1.165) is 25.8 Å². The van der Waals surface area contributed by atoms with E-state index in [1.165, 1.54) is 7.11 Å². The Balaban J connectivity index is 4.53. The van der Waals surface area contributed by atoms with Crippen molar-refractivity contribution in [2.75, 3.05) is 20.7 Å². The molecule has 0 saturated carbocycles. The van der Waals surface area contributed by atoms with Crippen molar-refractivity contribution in [3.8, 4) is 0 Å². The maximum Gasteiger partial charge on any atom is 0.325 e. The summed E-state index contributed by atoms with van der Waals surface area (Å²) >= 11 is 0. The third kappa shape index (κ3) is 5.80. The highest BCUT2D eigenvalue weighted by atomic mass is 16.5. The summed E-state index contributed by atoms with van der Waals surface area (Å²) in [7, 11) is 3.60. The van der Waals surface area contributed by atoms with Crippen molar-refractivity contribution < 1.29 is 9.53 Å². The van der Waals surface area contributed by atoms with Crippen LogP contribution in [0.3, 0.4) is 0 Å². The molecule has 0 rings (SSSR count). The molecule has 0 aromatic carbocycles. The number of nitrogens with one attached hydrogen (secondary N) is 1. The predicted molar refractivity (Wildman–Crippen MR) is 84.9 cm³/mol. The fourth-order valence-electron chi connectivity index (χ4n) is 2.34. The van der Waals surface area contributed by atoms with E-state index in [9.17, 15) is 4.79 Å².